The highest BCUT2D eigenvalue weighted by Crippen LogP contribution is 2.13. The molecule has 0 spiro atoms. The van der Waals surface area contributed by atoms with Gasteiger partial charge in [0.2, 0.25) is 5.91 Å². The fourth-order valence-corrected chi connectivity index (χ4v) is 2.01. The molecule has 0 fully saturated rings. The number of carbonyl (C=O) groups is 1. The van der Waals surface area contributed by atoms with E-state index >= 15 is 0 Å². The smallest absolute Gasteiger partial charge is 0.241 e. The summed E-state index contributed by atoms with van der Waals surface area (Å²) < 4.78 is 26.5. The number of halogens is 2. The van der Waals surface area contributed by atoms with Crippen LogP contribution in [0.3, 0.4) is 0 Å². The van der Waals surface area contributed by atoms with Crippen LogP contribution in [0.1, 0.15) is 12.5 Å². The van der Waals surface area contributed by atoms with E-state index in [0.717, 1.165) is 0 Å². The molecule has 1 amide bonds. The third-order valence-electron chi connectivity index (χ3n) is 3.53. The second kappa shape index (κ2) is 7.13. The van der Waals surface area contributed by atoms with Gasteiger partial charge in [0.05, 0.1) is 6.04 Å². The normalized spacial score (nSPS) is 12.2. The van der Waals surface area contributed by atoms with Crippen LogP contribution in [-0.4, -0.2) is 23.9 Å². The van der Waals surface area contributed by atoms with Crippen LogP contribution in [0.2, 0.25) is 0 Å². The van der Waals surface area contributed by atoms with E-state index in [0.29, 0.717) is 17.8 Å². The minimum Gasteiger partial charge on any atom is -0.325 e. The van der Waals surface area contributed by atoms with Crippen molar-refractivity contribution in [2.75, 3.05) is 12.4 Å². The molecule has 0 aliphatic rings. The number of nitrogens with one attached hydrogen (secondary N) is 1. The summed E-state index contributed by atoms with van der Waals surface area (Å²) in [4.78, 5) is 13.9. The summed E-state index contributed by atoms with van der Waals surface area (Å²) in [7, 11) is 1.75. The van der Waals surface area contributed by atoms with Gasteiger partial charge in [0.25, 0.3) is 0 Å². The number of benzene rings is 2. The molecule has 0 heterocycles. The van der Waals surface area contributed by atoms with Crippen LogP contribution < -0.4 is 5.32 Å². The van der Waals surface area contributed by atoms with Crippen molar-refractivity contribution >= 4 is 11.6 Å². The van der Waals surface area contributed by atoms with E-state index < -0.39 is 6.04 Å². The van der Waals surface area contributed by atoms with Gasteiger partial charge in [-0.1, -0.05) is 18.2 Å². The Balaban J connectivity index is 1.97. The first-order valence-corrected chi connectivity index (χ1v) is 6.97. The minimum absolute atomic E-state index is 0.231. The third kappa shape index (κ3) is 4.11. The van der Waals surface area contributed by atoms with Crippen molar-refractivity contribution in [1.29, 1.82) is 0 Å². The molecule has 3 nitrogen and oxygen atoms in total. The number of rotatable bonds is 5. The summed E-state index contributed by atoms with van der Waals surface area (Å²) in [6.45, 7) is 2.06. The SMILES string of the molecule is C[C@H](C(=O)Nc1ccc(F)cc1)N(C)Cc1ccccc1F. The molecule has 1 N–H and O–H groups in total. The number of anilines is 1. The monoisotopic (exact) mass is 304 g/mol. The Labute approximate surface area is 128 Å². The van der Waals surface area contributed by atoms with Gasteiger partial charge < -0.3 is 5.32 Å². The van der Waals surface area contributed by atoms with Gasteiger partial charge in [0.15, 0.2) is 0 Å². The van der Waals surface area contributed by atoms with Crippen LogP contribution in [0.15, 0.2) is 48.5 Å². The second-order valence-electron chi connectivity index (χ2n) is 5.18. The number of amides is 1. The molecule has 0 saturated heterocycles. The van der Waals surface area contributed by atoms with E-state index in [9.17, 15) is 13.6 Å². The van der Waals surface area contributed by atoms with Crippen molar-refractivity contribution < 1.29 is 13.6 Å². The lowest BCUT2D eigenvalue weighted by molar-refractivity contribution is -0.120. The summed E-state index contributed by atoms with van der Waals surface area (Å²) in [5.41, 5.74) is 1.06. The maximum Gasteiger partial charge on any atom is 0.241 e. The Kier molecular flexibility index (Phi) is 5.22. The molecule has 22 heavy (non-hydrogen) atoms. The average Bonchev–Trinajstić information content (AvgIpc) is 2.51. The first-order valence-electron chi connectivity index (χ1n) is 6.97. The molecule has 2 aromatic carbocycles. The molecule has 2 aromatic rings. The molecule has 0 aliphatic carbocycles. The molecular formula is C17H18F2N2O. The first-order chi connectivity index (χ1) is 10.5. The van der Waals surface area contributed by atoms with Crippen molar-refractivity contribution in [2.24, 2.45) is 0 Å². The van der Waals surface area contributed by atoms with Gasteiger partial charge in [-0.25, -0.2) is 8.78 Å². The van der Waals surface area contributed by atoms with E-state index in [1.807, 2.05) is 0 Å². The minimum atomic E-state index is -0.454. The molecule has 0 radical (unpaired) electrons. The summed E-state index contributed by atoms with van der Waals surface area (Å²) in [5.74, 6) is -0.881. The molecule has 116 valence electrons. The predicted molar refractivity (Wildman–Crippen MR) is 82.4 cm³/mol. The largest absolute Gasteiger partial charge is 0.325 e. The zero-order valence-electron chi connectivity index (χ0n) is 12.5. The van der Waals surface area contributed by atoms with E-state index in [4.69, 9.17) is 0 Å². The number of carbonyl (C=O) groups excluding carboxylic acids is 1. The average molecular weight is 304 g/mol. The van der Waals surface area contributed by atoms with Crippen molar-refractivity contribution in [1.82, 2.24) is 4.90 Å². The highest BCUT2D eigenvalue weighted by molar-refractivity contribution is 5.94. The number of likely N-dealkylation sites (N-methyl/N-ethyl adjacent to an activating group) is 1. The van der Waals surface area contributed by atoms with Crippen LogP contribution in [0.5, 0.6) is 0 Å². The lowest BCUT2D eigenvalue weighted by Gasteiger charge is -2.24. The van der Waals surface area contributed by atoms with Crippen LogP contribution in [0, 0.1) is 11.6 Å². The maximum atomic E-state index is 13.6. The lowest BCUT2D eigenvalue weighted by Crippen LogP contribution is -2.39. The number of hydrogen-bond donors (Lipinski definition) is 1. The summed E-state index contributed by atoms with van der Waals surface area (Å²) in [6.07, 6.45) is 0. The van der Waals surface area contributed by atoms with Crippen LogP contribution in [0.4, 0.5) is 14.5 Å². The van der Waals surface area contributed by atoms with Gasteiger partial charge in [0, 0.05) is 17.8 Å². The molecule has 0 unspecified atom stereocenters. The molecule has 1 atom stereocenters. The Morgan fingerprint density at radius 1 is 1.14 bits per heavy atom. The van der Waals surface area contributed by atoms with E-state index in [2.05, 4.69) is 5.32 Å². The fourth-order valence-electron chi connectivity index (χ4n) is 2.01. The second-order valence-corrected chi connectivity index (χ2v) is 5.18. The molecular weight excluding hydrogens is 286 g/mol. The quantitative estimate of drug-likeness (QED) is 0.918. The molecule has 0 aromatic heterocycles. The van der Waals surface area contributed by atoms with Crippen LogP contribution in [0.25, 0.3) is 0 Å². The highest BCUT2D eigenvalue weighted by Gasteiger charge is 2.19. The summed E-state index contributed by atoms with van der Waals surface area (Å²) >= 11 is 0. The van der Waals surface area contributed by atoms with Gasteiger partial charge in [0.1, 0.15) is 11.6 Å². The molecule has 5 heteroatoms. The van der Waals surface area contributed by atoms with Crippen LogP contribution >= 0.6 is 0 Å². The number of hydrogen-bond acceptors (Lipinski definition) is 2. The molecule has 0 aliphatic heterocycles. The zero-order chi connectivity index (χ0) is 16.1. The van der Waals surface area contributed by atoms with Gasteiger partial charge in [-0.3, -0.25) is 9.69 Å². The van der Waals surface area contributed by atoms with Crippen molar-refractivity contribution in [2.45, 2.75) is 19.5 Å². The van der Waals surface area contributed by atoms with Crippen molar-refractivity contribution in [3.8, 4) is 0 Å². The fraction of sp³-hybridized carbons (Fsp3) is 0.235. The first kappa shape index (κ1) is 16.1. The van der Waals surface area contributed by atoms with Crippen molar-refractivity contribution in [3.63, 3.8) is 0 Å². The van der Waals surface area contributed by atoms with E-state index in [1.165, 1.54) is 30.3 Å². The standard InChI is InChI=1S/C17H18F2N2O/c1-12(17(22)20-15-9-7-14(18)8-10-15)21(2)11-13-5-3-4-6-16(13)19/h3-10,12H,11H2,1-2H3,(H,20,22)/t12-/m1/s1. The highest BCUT2D eigenvalue weighted by atomic mass is 19.1. The molecule has 2 rings (SSSR count). The summed E-state index contributed by atoms with van der Waals surface area (Å²) in [6, 6.07) is 11.6. The Morgan fingerprint density at radius 3 is 2.41 bits per heavy atom. The Bertz CT molecular complexity index is 643. The maximum absolute atomic E-state index is 13.6. The Hall–Kier alpha value is -2.27. The Morgan fingerprint density at radius 2 is 1.77 bits per heavy atom. The van der Waals surface area contributed by atoms with E-state index in [-0.39, 0.29) is 17.5 Å². The van der Waals surface area contributed by atoms with Gasteiger partial charge in [-0.15, -0.1) is 0 Å². The van der Waals surface area contributed by atoms with Gasteiger partial charge in [-0.2, -0.15) is 0 Å². The lowest BCUT2D eigenvalue weighted by atomic mass is 10.1. The topological polar surface area (TPSA) is 32.3 Å². The van der Waals surface area contributed by atoms with Crippen molar-refractivity contribution in [3.05, 3.63) is 65.7 Å². The number of nitrogens with zero attached hydrogens (tertiary/aromatic N) is 1. The van der Waals surface area contributed by atoms with Crippen LogP contribution in [-0.2, 0) is 11.3 Å². The zero-order valence-corrected chi connectivity index (χ0v) is 12.5. The molecule has 0 bridgehead atoms. The predicted octanol–water partition coefficient (Wildman–Crippen LogP) is 3.42. The van der Waals surface area contributed by atoms with Gasteiger partial charge in [-0.05, 0) is 44.3 Å². The molecule has 0 saturated carbocycles. The third-order valence-corrected chi connectivity index (χ3v) is 3.53. The summed E-state index contributed by atoms with van der Waals surface area (Å²) in [5, 5.41) is 2.71. The van der Waals surface area contributed by atoms with E-state index in [1.54, 1.807) is 37.1 Å². The van der Waals surface area contributed by atoms with Gasteiger partial charge >= 0.3 is 0 Å².